The molecule has 0 radical (unpaired) electrons. The van der Waals surface area contributed by atoms with E-state index in [1.165, 1.54) is 0 Å². The van der Waals surface area contributed by atoms with Gasteiger partial charge in [0.25, 0.3) is 0 Å². The van der Waals surface area contributed by atoms with E-state index in [9.17, 15) is 18.0 Å². The van der Waals surface area contributed by atoms with E-state index >= 15 is 0 Å². The predicted octanol–water partition coefficient (Wildman–Crippen LogP) is 4.31. The van der Waals surface area contributed by atoms with Crippen molar-refractivity contribution in [2.24, 2.45) is 0 Å². The molecule has 0 saturated carbocycles. The van der Waals surface area contributed by atoms with Gasteiger partial charge in [-0.05, 0) is 31.5 Å². The van der Waals surface area contributed by atoms with Crippen molar-refractivity contribution in [3.8, 4) is 0 Å². The molecule has 24 heavy (non-hydrogen) atoms. The van der Waals surface area contributed by atoms with Crippen LogP contribution < -0.4 is 5.32 Å². The van der Waals surface area contributed by atoms with Crippen LogP contribution in [0, 0.1) is 0 Å². The van der Waals surface area contributed by atoms with Crippen molar-refractivity contribution in [1.29, 1.82) is 0 Å². The van der Waals surface area contributed by atoms with E-state index < -0.39 is 17.8 Å². The van der Waals surface area contributed by atoms with Crippen molar-refractivity contribution in [1.82, 2.24) is 9.80 Å². The van der Waals surface area contributed by atoms with E-state index in [1.54, 1.807) is 4.90 Å². The van der Waals surface area contributed by atoms with Crippen LogP contribution in [-0.4, -0.2) is 48.1 Å². The number of hydrogen-bond donors (Lipinski definition) is 1. The minimum Gasteiger partial charge on any atom is -0.322 e. The second-order valence-corrected chi connectivity index (χ2v) is 6.31. The quantitative estimate of drug-likeness (QED) is 0.868. The fourth-order valence-electron chi connectivity index (χ4n) is 2.62. The first-order valence-corrected chi connectivity index (χ1v) is 8.27. The molecule has 1 heterocycles. The number of amides is 2. The minimum atomic E-state index is -4.48. The van der Waals surface area contributed by atoms with Crippen molar-refractivity contribution in [2.45, 2.75) is 32.5 Å². The third kappa shape index (κ3) is 4.54. The molecule has 1 N–H and O–H groups in total. The van der Waals surface area contributed by atoms with E-state index in [2.05, 4.69) is 24.1 Å². The van der Waals surface area contributed by atoms with E-state index in [1.807, 2.05) is 0 Å². The smallest absolute Gasteiger partial charge is 0.322 e. The molecule has 1 aromatic rings. The molecule has 0 aliphatic carbocycles. The average molecular weight is 364 g/mol. The monoisotopic (exact) mass is 363 g/mol. The third-order valence-corrected chi connectivity index (χ3v) is 4.68. The molecule has 8 heteroatoms. The Morgan fingerprint density at radius 3 is 2.46 bits per heavy atom. The lowest BCUT2D eigenvalue weighted by atomic mass is 10.2. The summed E-state index contributed by atoms with van der Waals surface area (Å²) < 4.78 is 38.3. The molecule has 1 saturated heterocycles. The number of carbonyl (C=O) groups is 1. The zero-order chi connectivity index (χ0) is 17.9. The molecule has 2 rings (SSSR count). The first-order valence-electron chi connectivity index (χ1n) is 7.89. The van der Waals surface area contributed by atoms with Crippen LogP contribution in [0.3, 0.4) is 0 Å². The van der Waals surface area contributed by atoms with Crippen molar-refractivity contribution in [2.75, 3.05) is 31.5 Å². The maximum Gasteiger partial charge on any atom is 0.416 e. The maximum atomic E-state index is 12.8. The van der Waals surface area contributed by atoms with Gasteiger partial charge < -0.3 is 10.2 Å². The van der Waals surface area contributed by atoms with Crippen LogP contribution in [0.15, 0.2) is 18.2 Å². The van der Waals surface area contributed by atoms with Gasteiger partial charge in [0.1, 0.15) is 0 Å². The number of urea groups is 1. The molecule has 1 aromatic carbocycles. The Bertz CT molecular complexity index is 586. The molecular weight excluding hydrogens is 343 g/mol. The molecule has 0 bridgehead atoms. The molecule has 1 aliphatic rings. The van der Waals surface area contributed by atoms with Crippen LogP contribution in [0.2, 0.25) is 5.02 Å². The first kappa shape index (κ1) is 18.9. The summed E-state index contributed by atoms with van der Waals surface area (Å²) in [6.45, 7) is 6.81. The number of anilines is 1. The van der Waals surface area contributed by atoms with Gasteiger partial charge in [0.05, 0.1) is 16.3 Å². The summed E-state index contributed by atoms with van der Waals surface area (Å²) in [5, 5.41) is 2.57. The van der Waals surface area contributed by atoms with Gasteiger partial charge in [0, 0.05) is 32.2 Å². The fraction of sp³-hybridized carbons (Fsp3) is 0.562. The van der Waals surface area contributed by atoms with Gasteiger partial charge in [0.2, 0.25) is 0 Å². The summed E-state index contributed by atoms with van der Waals surface area (Å²) in [6, 6.07) is 2.91. The van der Waals surface area contributed by atoms with Gasteiger partial charge in [-0.1, -0.05) is 18.5 Å². The highest BCUT2D eigenvalue weighted by molar-refractivity contribution is 6.33. The third-order valence-electron chi connectivity index (χ3n) is 4.35. The highest BCUT2D eigenvalue weighted by Crippen LogP contribution is 2.33. The zero-order valence-electron chi connectivity index (χ0n) is 13.7. The molecule has 1 fully saturated rings. The summed E-state index contributed by atoms with van der Waals surface area (Å²) >= 11 is 5.90. The lowest BCUT2D eigenvalue weighted by molar-refractivity contribution is -0.137. The van der Waals surface area contributed by atoms with E-state index in [-0.39, 0.29) is 10.7 Å². The first-order chi connectivity index (χ1) is 11.2. The molecule has 1 unspecified atom stereocenters. The second kappa shape index (κ2) is 7.61. The van der Waals surface area contributed by atoms with Gasteiger partial charge in [0.15, 0.2) is 0 Å². The van der Waals surface area contributed by atoms with Crippen LogP contribution in [-0.2, 0) is 6.18 Å². The Morgan fingerprint density at radius 1 is 1.29 bits per heavy atom. The van der Waals surface area contributed by atoms with E-state index in [4.69, 9.17) is 11.6 Å². The Kier molecular flexibility index (Phi) is 5.98. The van der Waals surface area contributed by atoms with Gasteiger partial charge in [-0.2, -0.15) is 13.2 Å². The molecule has 0 aromatic heterocycles. The largest absolute Gasteiger partial charge is 0.416 e. The standard InChI is InChI=1S/C16H21ClF3N3O/c1-3-11(2)22-6-8-23(9-7-22)15(24)21-14-10-12(16(18,19)20)4-5-13(14)17/h4-5,10-11H,3,6-9H2,1-2H3,(H,21,24). The predicted molar refractivity (Wildman–Crippen MR) is 88.4 cm³/mol. The number of piperazine rings is 1. The highest BCUT2D eigenvalue weighted by atomic mass is 35.5. The summed E-state index contributed by atoms with van der Waals surface area (Å²) in [5.74, 6) is 0. The molecule has 2 amide bonds. The normalized spacial score (nSPS) is 17.7. The van der Waals surface area contributed by atoms with Crippen LogP contribution in [0.5, 0.6) is 0 Å². The van der Waals surface area contributed by atoms with Gasteiger partial charge in [-0.15, -0.1) is 0 Å². The number of alkyl halides is 3. The molecule has 1 aliphatic heterocycles. The van der Waals surface area contributed by atoms with Crippen molar-refractivity contribution in [3.63, 3.8) is 0 Å². The number of nitrogens with one attached hydrogen (secondary N) is 1. The van der Waals surface area contributed by atoms with E-state index in [0.29, 0.717) is 19.1 Å². The second-order valence-electron chi connectivity index (χ2n) is 5.90. The lowest BCUT2D eigenvalue weighted by Gasteiger charge is -2.37. The zero-order valence-corrected chi connectivity index (χ0v) is 14.4. The van der Waals surface area contributed by atoms with Gasteiger partial charge in [-0.25, -0.2) is 4.79 Å². The number of rotatable bonds is 3. The summed E-state index contributed by atoms with van der Waals surface area (Å²) in [7, 11) is 0. The fourth-order valence-corrected chi connectivity index (χ4v) is 2.78. The Balaban J connectivity index is 2.01. The summed E-state index contributed by atoms with van der Waals surface area (Å²) in [4.78, 5) is 16.2. The van der Waals surface area contributed by atoms with Crippen LogP contribution in [0.1, 0.15) is 25.8 Å². The topological polar surface area (TPSA) is 35.6 Å². The number of hydrogen-bond acceptors (Lipinski definition) is 2. The SMILES string of the molecule is CCC(C)N1CCN(C(=O)Nc2cc(C(F)(F)F)ccc2Cl)CC1. The molecule has 4 nitrogen and oxygen atoms in total. The molecular formula is C16H21ClF3N3O. The minimum absolute atomic E-state index is 0.0270. The van der Waals surface area contributed by atoms with Crippen molar-refractivity contribution >= 4 is 23.3 Å². The Hall–Kier alpha value is -1.47. The van der Waals surface area contributed by atoms with Crippen LogP contribution >= 0.6 is 11.6 Å². The number of carbonyl (C=O) groups excluding carboxylic acids is 1. The molecule has 1 atom stereocenters. The lowest BCUT2D eigenvalue weighted by Crippen LogP contribution is -2.52. The molecule has 0 spiro atoms. The maximum absolute atomic E-state index is 12.8. The summed E-state index contributed by atoms with van der Waals surface area (Å²) in [5.41, 5.74) is -0.871. The van der Waals surface area contributed by atoms with Crippen molar-refractivity contribution < 1.29 is 18.0 Å². The van der Waals surface area contributed by atoms with Crippen molar-refractivity contribution in [3.05, 3.63) is 28.8 Å². The van der Waals surface area contributed by atoms with Gasteiger partial charge in [-0.3, -0.25) is 4.90 Å². The number of benzene rings is 1. The number of halogens is 4. The summed E-state index contributed by atoms with van der Waals surface area (Å²) in [6.07, 6.45) is -3.45. The Labute approximate surface area is 144 Å². The van der Waals surface area contributed by atoms with Crippen LogP contribution in [0.25, 0.3) is 0 Å². The highest BCUT2D eigenvalue weighted by Gasteiger charge is 2.31. The van der Waals surface area contributed by atoms with Crippen LogP contribution in [0.4, 0.5) is 23.7 Å². The number of nitrogens with zero attached hydrogens (tertiary/aromatic N) is 2. The van der Waals surface area contributed by atoms with Gasteiger partial charge >= 0.3 is 12.2 Å². The average Bonchev–Trinajstić information content (AvgIpc) is 2.55. The Morgan fingerprint density at radius 2 is 1.92 bits per heavy atom. The molecule has 134 valence electrons. The van der Waals surface area contributed by atoms with E-state index in [0.717, 1.165) is 37.7 Å².